The lowest BCUT2D eigenvalue weighted by atomic mass is 10.1. The van der Waals surface area contributed by atoms with Crippen molar-refractivity contribution >= 4 is 5.91 Å². The molecule has 1 unspecified atom stereocenters. The zero-order valence-corrected chi connectivity index (χ0v) is 12.9. The fourth-order valence-electron chi connectivity index (χ4n) is 2.90. The van der Waals surface area contributed by atoms with Crippen molar-refractivity contribution in [2.24, 2.45) is 0 Å². The highest BCUT2D eigenvalue weighted by atomic mass is 19.2. The Labute approximate surface area is 132 Å². The van der Waals surface area contributed by atoms with Crippen LogP contribution in [0.4, 0.5) is 8.78 Å². The van der Waals surface area contributed by atoms with Gasteiger partial charge in [0.05, 0.1) is 24.9 Å². The number of ether oxygens (including phenoxy) is 1. The summed E-state index contributed by atoms with van der Waals surface area (Å²) in [6.45, 7) is 2.78. The molecule has 0 spiro atoms. The number of fused-ring (bicyclic) bond motifs is 1. The molecule has 0 saturated carbocycles. The van der Waals surface area contributed by atoms with Crippen LogP contribution in [0.2, 0.25) is 0 Å². The van der Waals surface area contributed by atoms with Crippen LogP contribution in [-0.2, 0) is 11.3 Å². The lowest BCUT2D eigenvalue weighted by Gasteiger charge is -2.34. The number of aryl methyl sites for hydroxylation is 1. The third-order valence-electron chi connectivity index (χ3n) is 4.03. The summed E-state index contributed by atoms with van der Waals surface area (Å²) in [4.78, 5) is 14.3. The van der Waals surface area contributed by atoms with Crippen LogP contribution in [0, 0.1) is 18.6 Å². The lowest BCUT2D eigenvalue weighted by molar-refractivity contribution is 0.0577. The summed E-state index contributed by atoms with van der Waals surface area (Å²) in [6.07, 6.45) is 1.68. The molecule has 1 aromatic carbocycles. The summed E-state index contributed by atoms with van der Waals surface area (Å²) >= 11 is 0. The highest BCUT2D eigenvalue weighted by Gasteiger charge is 2.30. The van der Waals surface area contributed by atoms with Gasteiger partial charge in [-0.1, -0.05) is 0 Å². The largest absolute Gasteiger partial charge is 0.382 e. The third kappa shape index (κ3) is 2.84. The van der Waals surface area contributed by atoms with Gasteiger partial charge in [0.25, 0.3) is 5.91 Å². The molecular formula is C16H17F2N3O2. The Morgan fingerprint density at radius 3 is 2.87 bits per heavy atom. The molecule has 2 aromatic rings. The van der Waals surface area contributed by atoms with Crippen LogP contribution in [0.25, 0.3) is 0 Å². The van der Waals surface area contributed by atoms with Crippen molar-refractivity contribution < 1.29 is 18.3 Å². The Kier molecular flexibility index (Phi) is 4.12. The highest BCUT2D eigenvalue weighted by molar-refractivity contribution is 5.95. The molecule has 0 N–H and O–H groups in total. The van der Waals surface area contributed by atoms with Crippen molar-refractivity contribution in [1.82, 2.24) is 14.7 Å². The van der Waals surface area contributed by atoms with Gasteiger partial charge >= 0.3 is 0 Å². The number of halogens is 2. The highest BCUT2D eigenvalue weighted by Crippen LogP contribution is 2.24. The first kappa shape index (κ1) is 15.6. The van der Waals surface area contributed by atoms with Gasteiger partial charge in [-0.25, -0.2) is 8.78 Å². The molecule has 23 heavy (non-hydrogen) atoms. The van der Waals surface area contributed by atoms with Crippen LogP contribution in [0.15, 0.2) is 24.4 Å². The van der Waals surface area contributed by atoms with E-state index in [2.05, 4.69) is 5.10 Å². The van der Waals surface area contributed by atoms with E-state index in [1.807, 2.05) is 10.7 Å². The number of hydrogen-bond donors (Lipinski definition) is 0. The molecule has 1 aromatic heterocycles. The topological polar surface area (TPSA) is 47.4 Å². The minimum atomic E-state index is -1.02. The first-order chi connectivity index (χ1) is 11.0. The third-order valence-corrected chi connectivity index (χ3v) is 4.03. The van der Waals surface area contributed by atoms with Gasteiger partial charge in [-0.3, -0.25) is 9.48 Å². The lowest BCUT2D eigenvalue weighted by Crippen LogP contribution is -2.43. The molecule has 1 aliphatic heterocycles. The Balaban J connectivity index is 1.90. The Morgan fingerprint density at radius 2 is 2.13 bits per heavy atom. The van der Waals surface area contributed by atoms with Gasteiger partial charge in [-0.05, 0) is 30.7 Å². The van der Waals surface area contributed by atoms with Crippen LogP contribution in [0.3, 0.4) is 0 Å². The number of carbonyl (C=O) groups excluding carboxylic acids is 1. The maximum Gasteiger partial charge on any atom is 0.254 e. The first-order valence-corrected chi connectivity index (χ1v) is 7.27. The Morgan fingerprint density at radius 1 is 1.39 bits per heavy atom. The fourth-order valence-corrected chi connectivity index (χ4v) is 2.90. The predicted molar refractivity (Wildman–Crippen MR) is 79.0 cm³/mol. The van der Waals surface area contributed by atoms with Crippen molar-refractivity contribution in [3.8, 4) is 0 Å². The smallest absolute Gasteiger partial charge is 0.254 e. The molecule has 1 amide bonds. The standard InChI is InChI=1S/C16H17F2N3O2/c1-10-5-14(17)15(18)6-13(10)16(22)20-7-11-3-4-19-21(11)12(8-20)9-23-2/h3-6,12H,7-9H2,1-2H3. The maximum atomic E-state index is 13.5. The van der Waals surface area contributed by atoms with E-state index in [-0.39, 0.29) is 17.5 Å². The summed E-state index contributed by atoms with van der Waals surface area (Å²) < 4.78 is 33.8. The summed E-state index contributed by atoms with van der Waals surface area (Å²) in [5.74, 6) is -2.29. The predicted octanol–water partition coefficient (Wildman–Crippen LogP) is 2.31. The summed E-state index contributed by atoms with van der Waals surface area (Å²) in [5, 5.41) is 4.26. The van der Waals surface area contributed by atoms with Crippen molar-refractivity contribution in [2.45, 2.75) is 19.5 Å². The summed E-state index contributed by atoms with van der Waals surface area (Å²) in [7, 11) is 1.59. The second-order valence-electron chi connectivity index (χ2n) is 5.64. The number of benzene rings is 1. The second-order valence-corrected chi connectivity index (χ2v) is 5.64. The normalized spacial score (nSPS) is 17.2. The van der Waals surface area contributed by atoms with E-state index in [1.54, 1.807) is 25.1 Å². The molecule has 1 aliphatic rings. The van der Waals surface area contributed by atoms with Crippen molar-refractivity contribution in [1.29, 1.82) is 0 Å². The van der Waals surface area contributed by atoms with Crippen molar-refractivity contribution in [2.75, 3.05) is 20.3 Å². The van der Waals surface area contributed by atoms with E-state index >= 15 is 0 Å². The van der Waals surface area contributed by atoms with Crippen LogP contribution >= 0.6 is 0 Å². The number of aromatic nitrogens is 2. The number of amides is 1. The quantitative estimate of drug-likeness (QED) is 0.871. The molecule has 3 rings (SSSR count). The van der Waals surface area contributed by atoms with Crippen LogP contribution in [-0.4, -0.2) is 40.8 Å². The maximum absolute atomic E-state index is 13.5. The molecule has 0 fully saturated rings. The molecule has 7 heteroatoms. The number of carbonyl (C=O) groups is 1. The van der Waals surface area contributed by atoms with Crippen molar-refractivity contribution in [3.05, 3.63) is 52.9 Å². The van der Waals surface area contributed by atoms with E-state index in [0.29, 0.717) is 25.3 Å². The van der Waals surface area contributed by atoms with E-state index in [1.165, 1.54) is 0 Å². The first-order valence-electron chi connectivity index (χ1n) is 7.27. The molecule has 0 aliphatic carbocycles. The van der Waals surface area contributed by atoms with Gasteiger partial charge in [-0.2, -0.15) is 5.10 Å². The molecule has 1 atom stereocenters. The van der Waals surface area contributed by atoms with Crippen LogP contribution in [0.5, 0.6) is 0 Å². The number of nitrogens with zero attached hydrogens (tertiary/aromatic N) is 3. The zero-order chi connectivity index (χ0) is 16.6. The van der Waals surface area contributed by atoms with Gasteiger partial charge in [0.15, 0.2) is 11.6 Å². The summed E-state index contributed by atoms with van der Waals surface area (Å²) in [5.41, 5.74) is 1.47. The average molecular weight is 321 g/mol. The van der Waals surface area contributed by atoms with Gasteiger partial charge in [0, 0.05) is 25.4 Å². The molecule has 2 heterocycles. The minimum Gasteiger partial charge on any atom is -0.382 e. The molecular weight excluding hydrogens is 304 g/mol. The SMILES string of the molecule is COCC1CN(C(=O)c2cc(F)c(F)cc2C)Cc2ccnn21. The van der Waals surface area contributed by atoms with Gasteiger partial charge in [-0.15, -0.1) is 0 Å². The van der Waals surface area contributed by atoms with E-state index in [4.69, 9.17) is 4.74 Å². The fraction of sp³-hybridized carbons (Fsp3) is 0.375. The zero-order valence-electron chi connectivity index (χ0n) is 12.9. The number of methoxy groups -OCH3 is 1. The van der Waals surface area contributed by atoms with Crippen molar-refractivity contribution in [3.63, 3.8) is 0 Å². The summed E-state index contributed by atoms with van der Waals surface area (Å²) in [6, 6.07) is 3.74. The monoisotopic (exact) mass is 321 g/mol. The minimum absolute atomic E-state index is 0.103. The molecule has 0 bridgehead atoms. The number of rotatable bonds is 3. The van der Waals surface area contributed by atoms with Gasteiger partial charge < -0.3 is 9.64 Å². The molecule has 5 nitrogen and oxygen atoms in total. The van der Waals surface area contributed by atoms with Crippen LogP contribution < -0.4 is 0 Å². The van der Waals surface area contributed by atoms with Gasteiger partial charge in [0.1, 0.15) is 0 Å². The second kappa shape index (κ2) is 6.08. The average Bonchev–Trinajstić information content (AvgIpc) is 2.99. The molecule has 122 valence electrons. The Hall–Kier alpha value is -2.28. The Bertz CT molecular complexity index is 745. The van der Waals surface area contributed by atoms with E-state index in [9.17, 15) is 13.6 Å². The number of hydrogen-bond acceptors (Lipinski definition) is 3. The van der Waals surface area contributed by atoms with E-state index < -0.39 is 11.6 Å². The molecule has 0 saturated heterocycles. The van der Waals surface area contributed by atoms with E-state index in [0.717, 1.165) is 17.8 Å². The van der Waals surface area contributed by atoms with Gasteiger partial charge in [0.2, 0.25) is 0 Å². The van der Waals surface area contributed by atoms with Crippen LogP contribution in [0.1, 0.15) is 27.7 Å². The molecule has 0 radical (unpaired) electrons.